The highest BCUT2D eigenvalue weighted by Gasteiger charge is 2.21. The number of nitrogens with one attached hydrogen (secondary N) is 1. The molecule has 2 aromatic carbocycles. The summed E-state index contributed by atoms with van der Waals surface area (Å²) in [6.07, 6.45) is 1.40. The molecular formula is C19H19N3O6. The Morgan fingerprint density at radius 3 is 2.57 bits per heavy atom. The van der Waals surface area contributed by atoms with Gasteiger partial charge in [0.25, 0.3) is 11.6 Å². The zero-order valence-electron chi connectivity index (χ0n) is 15.2. The largest absolute Gasteiger partial charge is 0.493 e. The van der Waals surface area contributed by atoms with E-state index in [1.165, 1.54) is 25.3 Å². The lowest BCUT2D eigenvalue weighted by Crippen LogP contribution is -2.23. The number of hydrogen-bond acceptors (Lipinski definition) is 6. The summed E-state index contributed by atoms with van der Waals surface area (Å²) in [5.41, 5.74) is 1.18. The summed E-state index contributed by atoms with van der Waals surface area (Å²) >= 11 is 0. The van der Waals surface area contributed by atoms with Crippen LogP contribution in [-0.4, -0.2) is 37.0 Å². The van der Waals surface area contributed by atoms with Crippen molar-refractivity contribution in [1.82, 2.24) is 0 Å². The number of carbonyl (C=O) groups excluding carboxylic acids is 2. The maximum absolute atomic E-state index is 12.1. The van der Waals surface area contributed by atoms with E-state index in [0.29, 0.717) is 18.7 Å². The zero-order chi connectivity index (χ0) is 20.1. The first kappa shape index (κ1) is 19.2. The second-order valence-electron chi connectivity index (χ2n) is 6.12. The number of anilines is 2. The van der Waals surface area contributed by atoms with E-state index in [0.717, 1.165) is 12.1 Å². The molecule has 146 valence electrons. The van der Waals surface area contributed by atoms with Crippen molar-refractivity contribution in [1.29, 1.82) is 0 Å². The van der Waals surface area contributed by atoms with Crippen LogP contribution in [0.3, 0.4) is 0 Å². The third-order valence-electron chi connectivity index (χ3n) is 4.25. The number of non-ortho nitro benzene ring substituents is 1. The summed E-state index contributed by atoms with van der Waals surface area (Å²) < 4.78 is 10.5. The Balaban J connectivity index is 1.59. The molecule has 1 aliphatic heterocycles. The minimum atomic E-state index is -0.557. The van der Waals surface area contributed by atoms with Crippen LogP contribution in [0.5, 0.6) is 11.5 Å². The first-order valence-corrected chi connectivity index (χ1v) is 8.63. The molecular weight excluding hydrogens is 366 g/mol. The molecule has 0 unspecified atom stereocenters. The van der Waals surface area contributed by atoms with Crippen molar-refractivity contribution in [2.24, 2.45) is 0 Å². The lowest BCUT2D eigenvalue weighted by Gasteiger charge is -2.16. The molecule has 2 amide bonds. The quantitative estimate of drug-likeness (QED) is 0.579. The fourth-order valence-electron chi connectivity index (χ4n) is 2.88. The maximum atomic E-state index is 12.1. The molecule has 1 saturated heterocycles. The molecule has 0 radical (unpaired) electrons. The molecule has 0 saturated carbocycles. The first-order chi connectivity index (χ1) is 13.5. The summed E-state index contributed by atoms with van der Waals surface area (Å²) in [6, 6.07) is 10.8. The molecule has 28 heavy (non-hydrogen) atoms. The molecule has 1 heterocycles. The maximum Gasteiger partial charge on any atom is 0.273 e. The van der Waals surface area contributed by atoms with Gasteiger partial charge in [0.1, 0.15) is 0 Å². The zero-order valence-corrected chi connectivity index (χ0v) is 15.2. The van der Waals surface area contributed by atoms with Crippen LogP contribution in [0.15, 0.2) is 42.5 Å². The number of hydrogen-bond donors (Lipinski definition) is 1. The Kier molecular flexibility index (Phi) is 5.73. The van der Waals surface area contributed by atoms with Crippen molar-refractivity contribution < 1.29 is 24.0 Å². The standard InChI is InChI=1S/C19H19N3O6/c1-27-16-9-8-15(22(25)26)11-17(16)28-12-18(23)20-13-4-6-14(7-5-13)21-10-2-3-19(21)24/h4-9,11H,2-3,10,12H2,1H3,(H,20,23). The second-order valence-corrected chi connectivity index (χ2v) is 6.12. The number of benzene rings is 2. The highest BCUT2D eigenvalue weighted by atomic mass is 16.6. The van der Waals surface area contributed by atoms with Crippen LogP contribution in [0.1, 0.15) is 12.8 Å². The van der Waals surface area contributed by atoms with Gasteiger partial charge in [0.15, 0.2) is 18.1 Å². The Morgan fingerprint density at radius 2 is 1.96 bits per heavy atom. The average molecular weight is 385 g/mol. The van der Waals surface area contributed by atoms with Gasteiger partial charge in [-0.3, -0.25) is 19.7 Å². The van der Waals surface area contributed by atoms with Gasteiger partial charge in [-0.05, 0) is 36.8 Å². The van der Waals surface area contributed by atoms with E-state index in [1.54, 1.807) is 29.2 Å². The van der Waals surface area contributed by atoms with Crippen molar-refractivity contribution in [3.63, 3.8) is 0 Å². The molecule has 3 rings (SSSR count). The van der Waals surface area contributed by atoms with Crippen molar-refractivity contribution in [2.75, 3.05) is 30.5 Å². The number of nitro groups is 1. The molecule has 1 N–H and O–H groups in total. The van der Waals surface area contributed by atoms with Crippen LogP contribution in [0.2, 0.25) is 0 Å². The molecule has 1 aliphatic rings. The third-order valence-corrected chi connectivity index (χ3v) is 4.25. The highest BCUT2D eigenvalue weighted by Crippen LogP contribution is 2.31. The third kappa shape index (κ3) is 4.37. The van der Waals surface area contributed by atoms with E-state index >= 15 is 0 Å². The Labute approximate surface area is 161 Å². The summed E-state index contributed by atoms with van der Waals surface area (Å²) in [7, 11) is 1.40. The van der Waals surface area contributed by atoms with Gasteiger partial charge in [0.05, 0.1) is 18.1 Å². The predicted molar refractivity (Wildman–Crippen MR) is 102 cm³/mol. The van der Waals surface area contributed by atoms with E-state index < -0.39 is 10.8 Å². The molecule has 0 spiro atoms. The summed E-state index contributed by atoms with van der Waals surface area (Å²) in [5.74, 6) is 0.0578. The van der Waals surface area contributed by atoms with Gasteiger partial charge < -0.3 is 19.7 Å². The number of amides is 2. The predicted octanol–water partition coefficient (Wildman–Crippen LogP) is 2.75. The van der Waals surface area contributed by atoms with E-state index in [2.05, 4.69) is 5.32 Å². The van der Waals surface area contributed by atoms with E-state index in [9.17, 15) is 19.7 Å². The smallest absolute Gasteiger partial charge is 0.273 e. The Hall–Kier alpha value is -3.62. The van der Waals surface area contributed by atoms with Crippen molar-refractivity contribution >= 4 is 28.9 Å². The van der Waals surface area contributed by atoms with E-state index in [4.69, 9.17) is 9.47 Å². The lowest BCUT2D eigenvalue weighted by atomic mass is 10.2. The van der Waals surface area contributed by atoms with Crippen LogP contribution >= 0.6 is 0 Å². The summed E-state index contributed by atoms with van der Waals surface area (Å²) in [5, 5.41) is 13.6. The number of carbonyl (C=O) groups is 2. The van der Waals surface area contributed by atoms with Gasteiger partial charge in [0.2, 0.25) is 5.91 Å². The second kappa shape index (κ2) is 8.38. The van der Waals surface area contributed by atoms with Crippen LogP contribution in [0.4, 0.5) is 17.1 Å². The van der Waals surface area contributed by atoms with Crippen molar-refractivity contribution in [2.45, 2.75) is 12.8 Å². The number of rotatable bonds is 7. The molecule has 0 bridgehead atoms. The molecule has 9 nitrogen and oxygen atoms in total. The minimum absolute atomic E-state index is 0.0936. The molecule has 2 aromatic rings. The van der Waals surface area contributed by atoms with Gasteiger partial charge in [-0.1, -0.05) is 0 Å². The first-order valence-electron chi connectivity index (χ1n) is 8.63. The summed E-state index contributed by atoms with van der Waals surface area (Å²) in [4.78, 5) is 35.9. The van der Waals surface area contributed by atoms with Crippen LogP contribution in [-0.2, 0) is 9.59 Å². The van der Waals surface area contributed by atoms with Gasteiger partial charge >= 0.3 is 0 Å². The van der Waals surface area contributed by atoms with Gasteiger partial charge in [-0.15, -0.1) is 0 Å². The van der Waals surface area contributed by atoms with Crippen molar-refractivity contribution in [3.05, 3.63) is 52.6 Å². The summed E-state index contributed by atoms with van der Waals surface area (Å²) in [6.45, 7) is 0.354. The lowest BCUT2D eigenvalue weighted by molar-refractivity contribution is -0.385. The molecule has 0 atom stereocenters. The monoisotopic (exact) mass is 385 g/mol. The Morgan fingerprint density at radius 1 is 1.21 bits per heavy atom. The van der Waals surface area contributed by atoms with Gasteiger partial charge in [0, 0.05) is 30.4 Å². The molecule has 0 aliphatic carbocycles. The number of nitro benzene ring substituents is 1. The SMILES string of the molecule is COc1ccc([N+](=O)[O-])cc1OCC(=O)Nc1ccc(N2CCCC2=O)cc1. The number of nitrogens with zero attached hydrogens (tertiary/aromatic N) is 2. The fourth-order valence-corrected chi connectivity index (χ4v) is 2.88. The van der Waals surface area contributed by atoms with Crippen LogP contribution in [0, 0.1) is 10.1 Å². The topological polar surface area (TPSA) is 111 Å². The van der Waals surface area contributed by atoms with Crippen LogP contribution < -0.4 is 19.7 Å². The Bertz CT molecular complexity index is 897. The molecule has 1 fully saturated rings. The number of ether oxygens (including phenoxy) is 2. The molecule has 0 aromatic heterocycles. The number of methoxy groups -OCH3 is 1. The van der Waals surface area contributed by atoms with Crippen molar-refractivity contribution in [3.8, 4) is 11.5 Å². The van der Waals surface area contributed by atoms with Gasteiger partial charge in [-0.25, -0.2) is 0 Å². The average Bonchev–Trinajstić information content (AvgIpc) is 3.12. The minimum Gasteiger partial charge on any atom is -0.493 e. The van der Waals surface area contributed by atoms with Crippen LogP contribution in [0.25, 0.3) is 0 Å². The fraction of sp³-hybridized carbons (Fsp3) is 0.263. The molecule has 9 heteroatoms. The normalized spacial score (nSPS) is 13.3. The van der Waals surface area contributed by atoms with E-state index in [1.807, 2.05) is 0 Å². The van der Waals surface area contributed by atoms with Gasteiger partial charge in [-0.2, -0.15) is 0 Å². The van der Waals surface area contributed by atoms with E-state index in [-0.39, 0.29) is 29.7 Å². The highest BCUT2D eigenvalue weighted by molar-refractivity contribution is 5.96.